The Labute approximate surface area is 195 Å². The molecule has 6 heteroatoms. The summed E-state index contributed by atoms with van der Waals surface area (Å²) in [6, 6.07) is 9.88. The first kappa shape index (κ1) is 24.2. The fourth-order valence-electron chi connectivity index (χ4n) is 4.91. The fraction of sp³-hybridized carbons (Fsp3) is 0.357. The van der Waals surface area contributed by atoms with Crippen LogP contribution in [0.5, 0.6) is 0 Å². The van der Waals surface area contributed by atoms with Crippen molar-refractivity contribution >= 4 is 10.8 Å². The SMILES string of the molecule is CCCC1CCC(c2ccc3c(F)c(C#Cc4cc(F)c(C(F)(F)F)c(F)c4)ccc3c2)CC1. The van der Waals surface area contributed by atoms with Crippen LogP contribution in [0.2, 0.25) is 0 Å². The maximum absolute atomic E-state index is 15.1. The average Bonchev–Trinajstić information content (AvgIpc) is 2.78. The molecular formula is C28H24F6. The van der Waals surface area contributed by atoms with Crippen molar-refractivity contribution in [2.75, 3.05) is 0 Å². The molecule has 1 aliphatic rings. The molecule has 0 aliphatic heterocycles. The minimum atomic E-state index is -5.15. The lowest BCUT2D eigenvalue weighted by molar-refractivity contribution is -0.142. The quantitative estimate of drug-likeness (QED) is 0.263. The maximum Gasteiger partial charge on any atom is 0.422 e. The van der Waals surface area contributed by atoms with Crippen molar-refractivity contribution in [3.05, 3.63) is 82.2 Å². The molecule has 1 fully saturated rings. The van der Waals surface area contributed by atoms with Crippen molar-refractivity contribution in [1.82, 2.24) is 0 Å². The Hall–Kier alpha value is -2.94. The van der Waals surface area contributed by atoms with Crippen LogP contribution in [0.25, 0.3) is 10.8 Å². The van der Waals surface area contributed by atoms with E-state index >= 15 is 4.39 Å². The molecule has 0 spiro atoms. The average molecular weight is 474 g/mol. The monoisotopic (exact) mass is 474 g/mol. The summed E-state index contributed by atoms with van der Waals surface area (Å²) in [6.45, 7) is 2.21. The molecule has 0 N–H and O–H groups in total. The van der Waals surface area contributed by atoms with E-state index in [9.17, 15) is 22.0 Å². The van der Waals surface area contributed by atoms with Crippen molar-refractivity contribution < 1.29 is 26.3 Å². The zero-order valence-electron chi connectivity index (χ0n) is 18.7. The van der Waals surface area contributed by atoms with Crippen molar-refractivity contribution in [2.24, 2.45) is 5.92 Å². The number of hydrogen-bond donors (Lipinski definition) is 0. The Balaban J connectivity index is 1.58. The first-order chi connectivity index (χ1) is 16.2. The van der Waals surface area contributed by atoms with Crippen LogP contribution < -0.4 is 0 Å². The van der Waals surface area contributed by atoms with E-state index in [1.54, 1.807) is 12.1 Å². The molecule has 0 unspecified atom stereocenters. The molecule has 0 saturated heterocycles. The third-order valence-corrected chi connectivity index (χ3v) is 6.66. The number of hydrogen-bond acceptors (Lipinski definition) is 0. The van der Waals surface area contributed by atoms with Crippen LogP contribution in [-0.4, -0.2) is 0 Å². The van der Waals surface area contributed by atoms with Gasteiger partial charge < -0.3 is 0 Å². The lowest BCUT2D eigenvalue weighted by atomic mass is 9.77. The molecule has 1 aliphatic carbocycles. The maximum atomic E-state index is 15.1. The second-order valence-electron chi connectivity index (χ2n) is 8.98. The Morgan fingerprint density at radius 1 is 0.853 bits per heavy atom. The zero-order valence-corrected chi connectivity index (χ0v) is 18.7. The minimum absolute atomic E-state index is 0.000961. The van der Waals surface area contributed by atoms with Crippen LogP contribution in [-0.2, 0) is 6.18 Å². The summed E-state index contributed by atoms with van der Waals surface area (Å²) < 4.78 is 80.8. The van der Waals surface area contributed by atoms with Crippen LogP contribution in [0.3, 0.4) is 0 Å². The predicted octanol–water partition coefficient (Wildman–Crippen LogP) is 8.75. The molecule has 0 bridgehead atoms. The van der Waals surface area contributed by atoms with Gasteiger partial charge in [-0.2, -0.15) is 13.2 Å². The standard InChI is InChI=1S/C28H24F6/c1-2-3-17-4-7-19(8-5-17)21-12-13-23-22(16-21)11-10-20(27(23)31)9-6-18-14-24(29)26(25(30)15-18)28(32,33)34/h10-17,19H,2-5,7-8H2,1H3. The highest BCUT2D eigenvalue weighted by atomic mass is 19.4. The van der Waals surface area contributed by atoms with Crippen LogP contribution in [0.4, 0.5) is 26.3 Å². The molecule has 0 heterocycles. The summed E-state index contributed by atoms with van der Waals surface area (Å²) in [4.78, 5) is 0. The number of fused-ring (bicyclic) bond motifs is 1. The van der Waals surface area contributed by atoms with Gasteiger partial charge in [0.15, 0.2) is 0 Å². The minimum Gasteiger partial charge on any atom is -0.206 e. The molecule has 0 aromatic heterocycles. The van der Waals surface area contributed by atoms with Crippen LogP contribution in [0, 0.1) is 35.2 Å². The fourth-order valence-corrected chi connectivity index (χ4v) is 4.91. The van der Waals surface area contributed by atoms with Gasteiger partial charge in [-0.1, -0.05) is 55.9 Å². The molecule has 178 valence electrons. The molecule has 0 radical (unpaired) electrons. The van der Waals surface area contributed by atoms with Gasteiger partial charge in [0.25, 0.3) is 0 Å². The molecule has 0 amide bonds. The van der Waals surface area contributed by atoms with Gasteiger partial charge in [0.2, 0.25) is 0 Å². The Bertz CT molecular complexity index is 1230. The smallest absolute Gasteiger partial charge is 0.206 e. The third kappa shape index (κ3) is 5.09. The summed E-state index contributed by atoms with van der Waals surface area (Å²) in [7, 11) is 0. The van der Waals surface area contributed by atoms with Gasteiger partial charge in [-0.25, -0.2) is 13.2 Å². The van der Waals surface area contributed by atoms with E-state index in [1.807, 2.05) is 12.1 Å². The highest BCUT2D eigenvalue weighted by Gasteiger charge is 2.37. The van der Waals surface area contributed by atoms with Gasteiger partial charge >= 0.3 is 6.18 Å². The summed E-state index contributed by atoms with van der Waals surface area (Å²) >= 11 is 0. The van der Waals surface area contributed by atoms with E-state index in [-0.39, 0.29) is 11.1 Å². The largest absolute Gasteiger partial charge is 0.422 e. The van der Waals surface area contributed by atoms with Crippen LogP contribution in [0.15, 0.2) is 42.5 Å². The third-order valence-electron chi connectivity index (χ3n) is 6.66. The van der Waals surface area contributed by atoms with E-state index in [4.69, 9.17) is 0 Å². The normalized spacial score (nSPS) is 18.6. The summed E-state index contributed by atoms with van der Waals surface area (Å²) in [5.74, 6) is 2.03. The van der Waals surface area contributed by atoms with Gasteiger partial charge in [0.1, 0.15) is 23.0 Å². The Morgan fingerprint density at radius 2 is 1.53 bits per heavy atom. The molecule has 3 aromatic carbocycles. The first-order valence-electron chi connectivity index (χ1n) is 11.5. The van der Waals surface area contributed by atoms with Crippen molar-refractivity contribution in [2.45, 2.75) is 57.5 Å². The second kappa shape index (κ2) is 9.74. The summed E-state index contributed by atoms with van der Waals surface area (Å²) in [5, 5.41) is 1.11. The summed E-state index contributed by atoms with van der Waals surface area (Å²) in [5.41, 5.74) is -1.08. The highest BCUT2D eigenvalue weighted by Crippen LogP contribution is 2.38. The van der Waals surface area contributed by atoms with E-state index in [0.717, 1.165) is 24.1 Å². The first-order valence-corrected chi connectivity index (χ1v) is 11.5. The van der Waals surface area contributed by atoms with Gasteiger partial charge in [-0.3, -0.25) is 0 Å². The molecule has 0 nitrogen and oxygen atoms in total. The van der Waals surface area contributed by atoms with Gasteiger partial charge in [0.05, 0.1) is 5.56 Å². The summed E-state index contributed by atoms with van der Waals surface area (Å²) in [6.07, 6.45) is 2.00. The predicted molar refractivity (Wildman–Crippen MR) is 121 cm³/mol. The lowest BCUT2D eigenvalue weighted by Gasteiger charge is -2.28. The van der Waals surface area contributed by atoms with E-state index < -0.39 is 29.2 Å². The van der Waals surface area contributed by atoms with Gasteiger partial charge in [-0.05, 0) is 66.7 Å². The van der Waals surface area contributed by atoms with Gasteiger partial charge in [0, 0.05) is 10.9 Å². The zero-order chi connectivity index (χ0) is 24.5. The highest BCUT2D eigenvalue weighted by molar-refractivity contribution is 5.85. The molecular weight excluding hydrogens is 450 g/mol. The number of halogens is 6. The van der Waals surface area contributed by atoms with Crippen LogP contribution >= 0.6 is 0 Å². The molecule has 3 aromatic rings. The van der Waals surface area contributed by atoms with Crippen molar-refractivity contribution in [3.63, 3.8) is 0 Å². The number of benzene rings is 3. The Morgan fingerprint density at radius 3 is 2.15 bits per heavy atom. The van der Waals surface area contributed by atoms with Gasteiger partial charge in [-0.15, -0.1) is 0 Å². The van der Waals surface area contributed by atoms with Crippen LogP contribution in [0.1, 0.15) is 73.6 Å². The molecule has 0 atom stereocenters. The second-order valence-corrected chi connectivity index (χ2v) is 8.98. The molecule has 34 heavy (non-hydrogen) atoms. The Kier molecular flexibility index (Phi) is 6.93. The van der Waals surface area contributed by atoms with E-state index in [1.165, 1.54) is 37.3 Å². The van der Waals surface area contributed by atoms with Crippen molar-refractivity contribution in [1.29, 1.82) is 0 Å². The van der Waals surface area contributed by atoms with E-state index in [0.29, 0.717) is 23.4 Å². The molecule has 1 saturated carbocycles. The lowest BCUT2D eigenvalue weighted by Crippen LogP contribution is -2.13. The molecule has 4 rings (SSSR count). The number of alkyl halides is 3. The topological polar surface area (TPSA) is 0 Å². The number of rotatable bonds is 3. The van der Waals surface area contributed by atoms with E-state index in [2.05, 4.69) is 18.8 Å². The van der Waals surface area contributed by atoms with Crippen molar-refractivity contribution in [3.8, 4) is 11.8 Å².